The number of hydrogen-bond acceptors (Lipinski definition) is 4. The van der Waals surface area contributed by atoms with E-state index in [9.17, 15) is 18.0 Å². The van der Waals surface area contributed by atoms with Crippen molar-refractivity contribution in [1.29, 1.82) is 0 Å². The van der Waals surface area contributed by atoms with E-state index in [0.717, 1.165) is 34.2 Å². The maximum Gasteiger partial charge on any atom is 0.416 e. The molecule has 0 aliphatic heterocycles. The number of rotatable bonds is 6. The number of benzene rings is 1. The maximum absolute atomic E-state index is 12.5. The number of aliphatic imine (C=N–C) groups is 1. The average molecular weight is 399 g/mol. The Morgan fingerprint density at radius 1 is 1.15 bits per heavy atom. The van der Waals surface area contributed by atoms with Gasteiger partial charge in [0.15, 0.2) is 5.96 Å². The number of halogens is 3. The fraction of sp³-hybridized carbons (Fsp3) is 0.353. The molecule has 0 aliphatic carbocycles. The molecule has 0 fully saturated rings. The van der Waals surface area contributed by atoms with Gasteiger partial charge in [-0.1, -0.05) is 0 Å². The molecule has 3 N–H and O–H groups in total. The standard InChI is InChI=1S/C17H20F3N5OS/c1-11-9-24-14(27-11)10-25-16(21-2)23-8-7-22-15(26)12-3-5-13(6-4-12)17(18,19)20/h3-6,9H,7-8,10H2,1-2H3,(H,22,26)(H2,21,23,25). The Kier molecular flexibility index (Phi) is 7.17. The Morgan fingerprint density at radius 3 is 2.37 bits per heavy atom. The van der Waals surface area contributed by atoms with Crippen LogP contribution in [0.4, 0.5) is 13.2 Å². The lowest BCUT2D eigenvalue weighted by molar-refractivity contribution is -0.137. The van der Waals surface area contributed by atoms with Crippen LogP contribution in [0.3, 0.4) is 0 Å². The van der Waals surface area contributed by atoms with E-state index in [1.165, 1.54) is 0 Å². The Hall–Kier alpha value is -2.62. The van der Waals surface area contributed by atoms with Crippen LogP contribution < -0.4 is 16.0 Å². The number of hydrogen-bond donors (Lipinski definition) is 3. The lowest BCUT2D eigenvalue weighted by Gasteiger charge is -2.12. The van der Waals surface area contributed by atoms with Crippen molar-refractivity contribution in [2.75, 3.05) is 20.1 Å². The van der Waals surface area contributed by atoms with Gasteiger partial charge in [-0.3, -0.25) is 9.79 Å². The molecule has 0 bridgehead atoms. The molecular weight excluding hydrogens is 379 g/mol. The molecule has 0 saturated heterocycles. The minimum Gasteiger partial charge on any atom is -0.355 e. The summed E-state index contributed by atoms with van der Waals surface area (Å²) in [7, 11) is 1.63. The molecule has 0 radical (unpaired) electrons. The molecule has 2 aromatic rings. The molecule has 1 amide bonds. The molecule has 1 aromatic carbocycles. The number of nitrogens with one attached hydrogen (secondary N) is 3. The highest BCUT2D eigenvalue weighted by molar-refractivity contribution is 7.11. The molecule has 0 aliphatic rings. The second-order valence-electron chi connectivity index (χ2n) is 5.55. The first kappa shape index (κ1) is 20.7. The lowest BCUT2D eigenvalue weighted by Crippen LogP contribution is -2.41. The Morgan fingerprint density at radius 2 is 1.81 bits per heavy atom. The summed E-state index contributed by atoms with van der Waals surface area (Å²) >= 11 is 1.59. The zero-order chi connectivity index (χ0) is 19.9. The van der Waals surface area contributed by atoms with Gasteiger partial charge in [0.05, 0.1) is 12.1 Å². The van der Waals surface area contributed by atoms with Crippen LogP contribution in [-0.4, -0.2) is 37.0 Å². The van der Waals surface area contributed by atoms with Crippen LogP contribution >= 0.6 is 11.3 Å². The van der Waals surface area contributed by atoms with Crippen molar-refractivity contribution in [2.45, 2.75) is 19.6 Å². The van der Waals surface area contributed by atoms with Gasteiger partial charge in [-0.25, -0.2) is 4.98 Å². The largest absolute Gasteiger partial charge is 0.416 e. The smallest absolute Gasteiger partial charge is 0.355 e. The van der Waals surface area contributed by atoms with Crippen molar-refractivity contribution in [2.24, 2.45) is 4.99 Å². The maximum atomic E-state index is 12.5. The summed E-state index contributed by atoms with van der Waals surface area (Å²) in [5.41, 5.74) is -0.615. The van der Waals surface area contributed by atoms with Crippen molar-refractivity contribution in [3.8, 4) is 0 Å². The third kappa shape index (κ3) is 6.55. The third-order valence-corrected chi connectivity index (χ3v) is 4.39. The highest BCUT2D eigenvalue weighted by Gasteiger charge is 2.30. The van der Waals surface area contributed by atoms with Crippen molar-refractivity contribution >= 4 is 23.2 Å². The number of amides is 1. The normalized spacial score (nSPS) is 12.0. The van der Waals surface area contributed by atoms with Crippen LogP contribution in [0.1, 0.15) is 25.8 Å². The summed E-state index contributed by atoms with van der Waals surface area (Å²) < 4.78 is 37.6. The zero-order valence-electron chi connectivity index (χ0n) is 14.9. The van der Waals surface area contributed by atoms with Gasteiger partial charge < -0.3 is 16.0 Å². The van der Waals surface area contributed by atoms with E-state index in [1.807, 2.05) is 6.92 Å². The van der Waals surface area contributed by atoms with Crippen molar-refractivity contribution in [3.63, 3.8) is 0 Å². The first-order chi connectivity index (χ1) is 12.8. The van der Waals surface area contributed by atoms with Crippen molar-refractivity contribution in [3.05, 3.63) is 51.5 Å². The molecule has 1 aromatic heterocycles. The number of aromatic nitrogens is 1. The fourth-order valence-corrected chi connectivity index (χ4v) is 2.86. The first-order valence-corrected chi connectivity index (χ1v) is 8.92. The van der Waals surface area contributed by atoms with Gasteiger partial charge in [0.1, 0.15) is 5.01 Å². The Bertz CT molecular complexity index is 787. The molecule has 0 atom stereocenters. The van der Waals surface area contributed by atoms with Gasteiger partial charge in [-0.05, 0) is 31.2 Å². The highest BCUT2D eigenvalue weighted by Crippen LogP contribution is 2.29. The van der Waals surface area contributed by atoms with E-state index in [2.05, 4.69) is 25.9 Å². The molecule has 0 spiro atoms. The summed E-state index contributed by atoms with van der Waals surface area (Å²) in [4.78, 5) is 21.4. The molecule has 27 heavy (non-hydrogen) atoms. The van der Waals surface area contributed by atoms with E-state index in [0.29, 0.717) is 19.0 Å². The van der Waals surface area contributed by atoms with Gasteiger partial charge in [-0.2, -0.15) is 13.2 Å². The quantitative estimate of drug-likeness (QED) is 0.396. The van der Waals surface area contributed by atoms with Crippen molar-refractivity contribution < 1.29 is 18.0 Å². The second-order valence-corrected chi connectivity index (χ2v) is 6.87. The fourth-order valence-electron chi connectivity index (χ4n) is 2.13. The zero-order valence-corrected chi connectivity index (χ0v) is 15.7. The summed E-state index contributed by atoms with van der Waals surface area (Å²) in [6.45, 7) is 3.21. The van der Waals surface area contributed by atoms with Crippen LogP contribution in [0.15, 0.2) is 35.5 Å². The van der Waals surface area contributed by atoms with Crippen LogP contribution in [-0.2, 0) is 12.7 Å². The molecular formula is C17H20F3N5OS. The number of guanidine groups is 1. The van der Waals surface area contributed by atoms with Gasteiger partial charge in [0.2, 0.25) is 0 Å². The predicted molar refractivity (Wildman–Crippen MR) is 98.8 cm³/mol. The minimum atomic E-state index is -4.42. The lowest BCUT2D eigenvalue weighted by atomic mass is 10.1. The minimum absolute atomic E-state index is 0.171. The molecule has 6 nitrogen and oxygen atoms in total. The Balaban J connectivity index is 1.72. The first-order valence-electron chi connectivity index (χ1n) is 8.11. The van der Waals surface area contributed by atoms with E-state index in [-0.39, 0.29) is 12.1 Å². The van der Waals surface area contributed by atoms with E-state index in [1.54, 1.807) is 24.6 Å². The van der Waals surface area contributed by atoms with E-state index >= 15 is 0 Å². The molecule has 2 rings (SSSR count). The number of carbonyl (C=O) groups is 1. The van der Waals surface area contributed by atoms with E-state index in [4.69, 9.17) is 0 Å². The van der Waals surface area contributed by atoms with Crippen LogP contribution in [0.2, 0.25) is 0 Å². The van der Waals surface area contributed by atoms with Crippen molar-refractivity contribution in [1.82, 2.24) is 20.9 Å². The molecule has 0 unspecified atom stereocenters. The van der Waals surface area contributed by atoms with E-state index < -0.39 is 17.6 Å². The number of nitrogens with zero attached hydrogens (tertiary/aromatic N) is 2. The number of alkyl halides is 3. The van der Waals surface area contributed by atoms with Gasteiger partial charge in [0, 0.05) is 36.8 Å². The SMILES string of the molecule is CN=C(NCCNC(=O)c1ccc(C(F)(F)F)cc1)NCc1ncc(C)s1. The summed E-state index contributed by atoms with van der Waals surface area (Å²) in [5, 5.41) is 9.72. The second kappa shape index (κ2) is 9.36. The number of aryl methyl sites for hydroxylation is 1. The topological polar surface area (TPSA) is 78.4 Å². The van der Waals surface area contributed by atoms with Gasteiger partial charge in [-0.15, -0.1) is 11.3 Å². The van der Waals surface area contributed by atoms with Crippen LogP contribution in [0, 0.1) is 6.92 Å². The predicted octanol–water partition coefficient (Wildman–Crippen LogP) is 2.57. The molecule has 0 saturated carbocycles. The third-order valence-electron chi connectivity index (χ3n) is 3.48. The Labute approximate surface area is 158 Å². The van der Waals surface area contributed by atoms with Gasteiger partial charge in [0.25, 0.3) is 5.91 Å². The summed E-state index contributed by atoms with van der Waals surface area (Å²) in [6, 6.07) is 4.09. The molecule has 146 valence electrons. The van der Waals surface area contributed by atoms with Gasteiger partial charge >= 0.3 is 6.18 Å². The molecule has 10 heteroatoms. The average Bonchev–Trinajstić information content (AvgIpc) is 3.05. The number of thiazole rings is 1. The monoisotopic (exact) mass is 399 g/mol. The van der Waals surface area contributed by atoms with Crippen LogP contribution in [0.25, 0.3) is 0 Å². The highest BCUT2D eigenvalue weighted by atomic mass is 32.1. The summed E-state index contributed by atoms with van der Waals surface area (Å²) in [5.74, 6) is 0.123. The van der Waals surface area contributed by atoms with Crippen LogP contribution in [0.5, 0.6) is 0 Å². The summed E-state index contributed by atoms with van der Waals surface area (Å²) in [6.07, 6.45) is -2.62. The number of carbonyl (C=O) groups excluding carboxylic acids is 1. The molecule has 1 heterocycles.